The van der Waals surface area contributed by atoms with E-state index in [4.69, 9.17) is 0 Å². The van der Waals surface area contributed by atoms with Gasteiger partial charge < -0.3 is 4.90 Å². The van der Waals surface area contributed by atoms with E-state index in [0.717, 1.165) is 42.9 Å². The Morgan fingerprint density at radius 1 is 1.17 bits per heavy atom. The van der Waals surface area contributed by atoms with Gasteiger partial charge in [-0.25, -0.2) is 4.39 Å². The molecule has 0 saturated heterocycles. The first kappa shape index (κ1) is 21.4. The van der Waals surface area contributed by atoms with Crippen LogP contribution >= 0.6 is 0 Å². The Labute approximate surface area is 177 Å². The maximum Gasteiger partial charge on any atom is 0.222 e. The second kappa shape index (κ2) is 7.68. The highest BCUT2D eigenvalue weighted by atomic mass is 19.1. The largest absolute Gasteiger partial charge is 0.349 e. The molecule has 4 aliphatic carbocycles. The fraction of sp³-hybridized carbons (Fsp3) is 0.885. The highest BCUT2D eigenvalue weighted by Gasteiger charge is 2.59. The summed E-state index contributed by atoms with van der Waals surface area (Å²) in [7, 11) is 3.73. The fourth-order valence-corrected chi connectivity index (χ4v) is 8.37. The van der Waals surface area contributed by atoms with Gasteiger partial charge >= 0.3 is 0 Å². The van der Waals surface area contributed by atoms with Crippen molar-refractivity contribution in [2.24, 2.45) is 40.4 Å². The van der Waals surface area contributed by atoms with Crippen LogP contribution in [0.1, 0.15) is 85.0 Å². The molecular weight excluding hydrogens is 361 g/mol. The number of nitrogens with zero attached hydrogens (tertiary/aromatic N) is 1. The molecule has 0 heterocycles. The van der Waals surface area contributed by atoms with Crippen molar-refractivity contribution in [3.05, 3.63) is 11.6 Å². The lowest BCUT2D eigenvalue weighted by atomic mass is 9.47. The van der Waals surface area contributed by atoms with Gasteiger partial charge in [0.15, 0.2) is 0 Å². The normalized spacial score (nSPS) is 44.9. The second-order valence-corrected chi connectivity index (χ2v) is 11.6. The Bertz CT molecular complexity index is 672. The molecule has 29 heavy (non-hydrogen) atoms. The molecule has 3 saturated carbocycles. The average molecular weight is 404 g/mol. The van der Waals surface area contributed by atoms with Gasteiger partial charge in [0.05, 0.1) is 0 Å². The fourth-order valence-electron chi connectivity index (χ4n) is 8.37. The Morgan fingerprint density at radius 2 is 1.93 bits per heavy atom. The van der Waals surface area contributed by atoms with E-state index >= 15 is 0 Å². The Balaban J connectivity index is 1.49. The number of fused-ring (bicyclic) bond motifs is 5. The molecule has 0 aromatic rings. The third-order valence-corrected chi connectivity index (χ3v) is 10.1. The number of hydrogen-bond donors (Lipinski definition) is 0. The number of carbonyl (C=O) groups is 1. The van der Waals surface area contributed by atoms with Crippen LogP contribution in [0.5, 0.6) is 0 Å². The number of allylic oxidation sites excluding steroid dienone is 2. The summed E-state index contributed by atoms with van der Waals surface area (Å²) >= 11 is 0. The summed E-state index contributed by atoms with van der Waals surface area (Å²) in [5, 5.41) is 0. The van der Waals surface area contributed by atoms with Crippen LogP contribution in [0, 0.1) is 40.4 Å². The molecule has 2 nitrogen and oxygen atoms in total. The molecule has 3 fully saturated rings. The quantitative estimate of drug-likeness (QED) is 0.497. The number of hydrogen-bond acceptors (Lipinski definition) is 1. The van der Waals surface area contributed by atoms with Crippen molar-refractivity contribution in [1.82, 2.24) is 4.90 Å². The van der Waals surface area contributed by atoms with Crippen LogP contribution in [0.4, 0.5) is 4.39 Å². The van der Waals surface area contributed by atoms with Gasteiger partial charge in [0, 0.05) is 26.9 Å². The van der Waals surface area contributed by atoms with Crippen LogP contribution < -0.4 is 0 Å². The zero-order valence-electron chi connectivity index (χ0n) is 19.3. The van der Waals surface area contributed by atoms with Crippen molar-refractivity contribution < 1.29 is 9.18 Å². The molecule has 1 amide bonds. The van der Waals surface area contributed by atoms with Crippen molar-refractivity contribution in [1.29, 1.82) is 0 Å². The zero-order valence-corrected chi connectivity index (χ0v) is 19.3. The molecule has 0 aromatic carbocycles. The van der Waals surface area contributed by atoms with Gasteiger partial charge in [-0.15, -0.1) is 0 Å². The van der Waals surface area contributed by atoms with Crippen LogP contribution in [-0.4, -0.2) is 31.1 Å². The molecule has 0 bridgehead atoms. The molecule has 0 aromatic heterocycles. The lowest BCUT2D eigenvalue weighted by molar-refractivity contribution is -0.129. The summed E-state index contributed by atoms with van der Waals surface area (Å²) in [5.74, 6) is 4.01. The average Bonchev–Trinajstić information content (AvgIpc) is 3.03. The van der Waals surface area contributed by atoms with Gasteiger partial charge in [0.2, 0.25) is 5.91 Å². The van der Waals surface area contributed by atoms with Gasteiger partial charge in [-0.2, -0.15) is 0 Å². The summed E-state index contributed by atoms with van der Waals surface area (Å²) in [6.45, 7) is 7.44. The molecule has 8 atom stereocenters. The van der Waals surface area contributed by atoms with E-state index in [2.05, 4.69) is 26.8 Å². The van der Waals surface area contributed by atoms with Gasteiger partial charge in [0.1, 0.15) is 6.17 Å². The third kappa shape index (κ3) is 3.49. The number of alkyl halides is 1. The minimum Gasteiger partial charge on any atom is -0.349 e. The predicted molar refractivity (Wildman–Crippen MR) is 117 cm³/mol. The molecule has 164 valence electrons. The molecule has 0 N–H and O–H groups in total. The number of amides is 1. The Hall–Kier alpha value is -0.860. The van der Waals surface area contributed by atoms with Crippen molar-refractivity contribution in [2.75, 3.05) is 14.1 Å². The zero-order chi connectivity index (χ0) is 21.0. The maximum absolute atomic E-state index is 14.1. The van der Waals surface area contributed by atoms with E-state index in [-0.39, 0.29) is 11.3 Å². The lowest BCUT2D eigenvalue weighted by Crippen LogP contribution is -2.50. The smallest absolute Gasteiger partial charge is 0.222 e. The van der Waals surface area contributed by atoms with Crippen LogP contribution in [-0.2, 0) is 4.79 Å². The van der Waals surface area contributed by atoms with Crippen molar-refractivity contribution in [3.63, 3.8) is 0 Å². The summed E-state index contributed by atoms with van der Waals surface area (Å²) in [6.07, 6.45) is 12.6. The van der Waals surface area contributed by atoms with Crippen LogP contribution in [0.25, 0.3) is 0 Å². The molecule has 4 rings (SSSR count). The Kier molecular flexibility index (Phi) is 5.66. The van der Waals surface area contributed by atoms with Crippen molar-refractivity contribution in [3.8, 4) is 0 Å². The first-order valence-corrected chi connectivity index (χ1v) is 12.2. The predicted octanol–water partition coefficient (Wildman–Crippen LogP) is 6.41. The summed E-state index contributed by atoms with van der Waals surface area (Å²) in [6, 6.07) is 0. The lowest BCUT2D eigenvalue weighted by Gasteiger charge is -2.58. The van der Waals surface area contributed by atoms with Crippen LogP contribution in [0.2, 0.25) is 0 Å². The van der Waals surface area contributed by atoms with E-state index in [9.17, 15) is 9.18 Å². The SMILES string of the molecule is C[C@H](CCC(=O)N(C)C)[C@H]1CC[C@H]2[C@@H]3CC=C4C[C@@H](F)CC[C@]4(C)[C@H]3CC[C@]12C. The van der Waals surface area contributed by atoms with Crippen LogP contribution in [0.3, 0.4) is 0 Å². The van der Waals surface area contributed by atoms with Gasteiger partial charge in [0.25, 0.3) is 0 Å². The first-order valence-electron chi connectivity index (χ1n) is 12.2. The summed E-state index contributed by atoms with van der Waals surface area (Å²) in [5.41, 5.74) is 2.14. The van der Waals surface area contributed by atoms with Gasteiger partial charge in [-0.3, -0.25) is 4.79 Å². The van der Waals surface area contributed by atoms with E-state index in [1.54, 1.807) is 4.90 Å². The van der Waals surface area contributed by atoms with Gasteiger partial charge in [-0.1, -0.05) is 32.4 Å². The van der Waals surface area contributed by atoms with E-state index < -0.39 is 6.17 Å². The van der Waals surface area contributed by atoms with Crippen molar-refractivity contribution in [2.45, 2.75) is 91.2 Å². The van der Waals surface area contributed by atoms with Crippen LogP contribution in [0.15, 0.2) is 11.6 Å². The molecule has 0 spiro atoms. The number of rotatable bonds is 4. The molecular formula is C26H42FNO. The monoisotopic (exact) mass is 403 g/mol. The summed E-state index contributed by atoms with van der Waals surface area (Å²) < 4.78 is 14.1. The second-order valence-electron chi connectivity index (χ2n) is 11.6. The molecule has 0 radical (unpaired) electrons. The topological polar surface area (TPSA) is 20.3 Å². The first-order chi connectivity index (χ1) is 13.7. The standard InChI is InChI=1S/C26H42FNO/c1-17(6-11-24(29)28(4)5)21-9-10-22-20-8-7-18-16-19(27)12-14-25(18,2)23(20)13-15-26(21,22)3/h7,17,19-23H,6,8-16H2,1-5H3/t17-,19+,20+,21-,22+,23+,25+,26-/m1/s1. The van der Waals surface area contributed by atoms with Gasteiger partial charge in [-0.05, 0) is 91.8 Å². The minimum absolute atomic E-state index is 0.259. The third-order valence-electron chi connectivity index (χ3n) is 10.1. The van der Waals surface area contributed by atoms with E-state index in [1.807, 2.05) is 14.1 Å². The molecule has 3 heteroatoms. The molecule has 4 aliphatic rings. The highest BCUT2D eigenvalue weighted by molar-refractivity contribution is 5.75. The summed E-state index contributed by atoms with van der Waals surface area (Å²) in [4.78, 5) is 13.8. The molecule has 0 aliphatic heterocycles. The number of carbonyl (C=O) groups excluding carboxylic acids is 1. The minimum atomic E-state index is -0.610. The number of halogens is 1. The van der Waals surface area contributed by atoms with E-state index in [0.29, 0.717) is 24.2 Å². The molecule has 0 unspecified atom stereocenters. The van der Waals surface area contributed by atoms with Crippen molar-refractivity contribution >= 4 is 5.91 Å². The maximum atomic E-state index is 14.1. The van der Waals surface area contributed by atoms with E-state index in [1.165, 1.54) is 37.7 Å². The highest BCUT2D eigenvalue weighted by Crippen LogP contribution is 2.67. The Morgan fingerprint density at radius 3 is 2.66 bits per heavy atom.